The van der Waals surface area contributed by atoms with Gasteiger partial charge in [0.15, 0.2) is 0 Å². The second kappa shape index (κ2) is 4.05. The van der Waals surface area contributed by atoms with Gasteiger partial charge < -0.3 is 9.30 Å². The number of aromatic nitrogens is 1. The Kier molecular flexibility index (Phi) is 2.71. The smallest absolute Gasteiger partial charge is 0.337 e. The number of methoxy groups -OCH3 is 1. The molecule has 0 spiro atoms. The number of fused-ring (bicyclic) bond motifs is 1. The minimum Gasteiger partial charge on any atom is -0.465 e. The Balaban J connectivity index is 2.77. The second-order valence-electron chi connectivity index (χ2n) is 3.96. The Morgan fingerprint density at radius 2 is 2.00 bits per heavy atom. The third kappa shape index (κ3) is 1.82. The molecule has 2 rings (SSSR count). The van der Waals surface area contributed by atoms with Crippen molar-refractivity contribution in [2.75, 3.05) is 7.11 Å². The lowest BCUT2D eigenvalue weighted by atomic mass is 10.1. The molecule has 0 radical (unpaired) electrons. The van der Waals surface area contributed by atoms with E-state index in [2.05, 4.69) is 4.74 Å². The Hall–Kier alpha value is -2.10. The lowest BCUT2D eigenvalue weighted by Gasteiger charge is -2.07. The molecule has 0 atom stereocenters. The topological polar surface area (TPSA) is 48.3 Å². The van der Waals surface area contributed by atoms with Gasteiger partial charge in [-0.2, -0.15) is 0 Å². The van der Waals surface area contributed by atoms with E-state index < -0.39 is 5.97 Å². The van der Waals surface area contributed by atoms with Crippen molar-refractivity contribution in [3.8, 4) is 0 Å². The quantitative estimate of drug-likeness (QED) is 0.701. The van der Waals surface area contributed by atoms with Gasteiger partial charge in [0.05, 0.1) is 18.2 Å². The summed E-state index contributed by atoms with van der Waals surface area (Å²) in [5.41, 5.74) is 1.80. The molecule has 0 saturated heterocycles. The van der Waals surface area contributed by atoms with E-state index in [9.17, 15) is 9.59 Å². The van der Waals surface area contributed by atoms with Crippen LogP contribution >= 0.6 is 0 Å². The molecular weight excluding hydrogens is 218 g/mol. The summed E-state index contributed by atoms with van der Waals surface area (Å²) in [6.07, 6.45) is 0. The lowest BCUT2D eigenvalue weighted by molar-refractivity contribution is 0.0601. The minimum atomic E-state index is -0.403. The van der Waals surface area contributed by atoms with E-state index >= 15 is 0 Å². The zero-order chi connectivity index (χ0) is 12.6. The number of benzene rings is 1. The molecule has 0 unspecified atom stereocenters. The number of aryl methyl sites for hydroxylation is 2. The zero-order valence-electron chi connectivity index (χ0n) is 9.98. The summed E-state index contributed by atoms with van der Waals surface area (Å²) in [7, 11) is 3.03. The van der Waals surface area contributed by atoms with E-state index in [1.165, 1.54) is 11.7 Å². The monoisotopic (exact) mass is 231 g/mol. The van der Waals surface area contributed by atoms with Gasteiger partial charge in [-0.1, -0.05) is 6.07 Å². The van der Waals surface area contributed by atoms with E-state index in [0.717, 1.165) is 10.9 Å². The molecule has 4 heteroatoms. The van der Waals surface area contributed by atoms with Crippen LogP contribution in [0.15, 0.2) is 29.1 Å². The molecule has 1 heterocycles. The van der Waals surface area contributed by atoms with Crippen LogP contribution < -0.4 is 5.56 Å². The van der Waals surface area contributed by atoms with Crippen LogP contribution in [0.5, 0.6) is 0 Å². The fourth-order valence-electron chi connectivity index (χ4n) is 1.87. The number of carbonyl (C=O) groups is 1. The maximum atomic E-state index is 11.8. The van der Waals surface area contributed by atoms with Crippen molar-refractivity contribution in [3.05, 3.63) is 45.7 Å². The zero-order valence-corrected chi connectivity index (χ0v) is 9.98. The summed E-state index contributed by atoms with van der Waals surface area (Å²) in [5, 5.41) is 0.928. The lowest BCUT2D eigenvalue weighted by Crippen LogP contribution is -2.19. The first-order valence-corrected chi connectivity index (χ1v) is 5.23. The Morgan fingerprint density at radius 3 is 2.65 bits per heavy atom. The summed E-state index contributed by atoms with van der Waals surface area (Å²) < 4.78 is 6.19. The molecule has 17 heavy (non-hydrogen) atoms. The van der Waals surface area contributed by atoms with Crippen molar-refractivity contribution in [2.45, 2.75) is 6.92 Å². The highest BCUT2D eigenvalue weighted by atomic mass is 16.5. The number of esters is 1. The van der Waals surface area contributed by atoms with Gasteiger partial charge in [0, 0.05) is 12.6 Å². The molecule has 4 nitrogen and oxygen atoms in total. The van der Waals surface area contributed by atoms with E-state index in [-0.39, 0.29) is 5.56 Å². The molecule has 0 fully saturated rings. The largest absolute Gasteiger partial charge is 0.465 e. The van der Waals surface area contributed by atoms with E-state index in [1.54, 1.807) is 26.1 Å². The first kappa shape index (κ1) is 11.4. The first-order valence-electron chi connectivity index (χ1n) is 5.23. The van der Waals surface area contributed by atoms with Gasteiger partial charge >= 0.3 is 5.97 Å². The molecule has 2 aromatic rings. The van der Waals surface area contributed by atoms with Crippen molar-refractivity contribution in [2.24, 2.45) is 7.05 Å². The van der Waals surface area contributed by atoms with Gasteiger partial charge in [-0.05, 0) is 30.5 Å². The Morgan fingerprint density at radius 1 is 1.29 bits per heavy atom. The van der Waals surface area contributed by atoms with Crippen LogP contribution in [0.4, 0.5) is 0 Å². The number of ether oxygens (including phenoxy) is 1. The van der Waals surface area contributed by atoms with Crippen molar-refractivity contribution in [1.29, 1.82) is 0 Å². The number of hydrogen-bond donors (Lipinski definition) is 0. The Labute approximate surface area is 98.4 Å². The first-order chi connectivity index (χ1) is 8.04. The van der Waals surface area contributed by atoms with Crippen molar-refractivity contribution in [1.82, 2.24) is 4.57 Å². The predicted octanol–water partition coefficient (Wildman–Crippen LogP) is 1.63. The third-order valence-electron chi connectivity index (χ3n) is 2.83. The fraction of sp³-hybridized carbons (Fsp3) is 0.231. The summed E-state index contributed by atoms with van der Waals surface area (Å²) >= 11 is 0. The SMILES string of the molecule is COC(=O)c1ccc2cc(C)c(=O)n(C)c2c1. The average molecular weight is 231 g/mol. The van der Waals surface area contributed by atoms with Gasteiger partial charge in [0.25, 0.3) is 5.56 Å². The average Bonchev–Trinajstić information content (AvgIpc) is 2.35. The van der Waals surface area contributed by atoms with E-state index in [0.29, 0.717) is 11.1 Å². The van der Waals surface area contributed by atoms with Crippen LogP contribution in [0.25, 0.3) is 10.9 Å². The van der Waals surface area contributed by atoms with Crippen LogP contribution in [-0.4, -0.2) is 17.6 Å². The second-order valence-corrected chi connectivity index (χ2v) is 3.96. The number of pyridine rings is 1. The number of nitrogens with zero attached hydrogens (tertiary/aromatic N) is 1. The van der Waals surface area contributed by atoms with E-state index in [4.69, 9.17) is 0 Å². The van der Waals surface area contributed by atoms with Gasteiger partial charge in [0.1, 0.15) is 0 Å². The summed E-state index contributed by atoms with van der Waals surface area (Å²) in [4.78, 5) is 23.2. The van der Waals surface area contributed by atoms with Crippen LogP contribution in [0, 0.1) is 6.92 Å². The predicted molar refractivity (Wildman–Crippen MR) is 65.3 cm³/mol. The fourth-order valence-corrected chi connectivity index (χ4v) is 1.87. The highest BCUT2D eigenvalue weighted by molar-refractivity contribution is 5.94. The number of carbonyl (C=O) groups excluding carboxylic acids is 1. The molecule has 0 aliphatic carbocycles. The van der Waals surface area contributed by atoms with Crippen molar-refractivity contribution >= 4 is 16.9 Å². The molecule has 0 N–H and O–H groups in total. The highest BCUT2D eigenvalue weighted by Gasteiger charge is 2.08. The van der Waals surface area contributed by atoms with Crippen LogP contribution in [-0.2, 0) is 11.8 Å². The van der Waals surface area contributed by atoms with Crippen LogP contribution in [0.2, 0.25) is 0 Å². The van der Waals surface area contributed by atoms with Gasteiger partial charge in [-0.15, -0.1) is 0 Å². The van der Waals surface area contributed by atoms with Gasteiger partial charge in [-0.25, -0.2) is 4.79 Å². The molecule has 0 aliphatic rings. The maximum absolute atomic E-state index is 11.8. The van der Waals surface area contributed by atoms with Crippen molar-refractivity contribution in [3.63, 3.8) is 0 Å². The Bertz CT molecular complexity index is 655. The van der Waals surface area contributed by atoms with Crippen LogP contribution in [0.1, 0.15) is 15.9 Å². The normalized spacial score (nSPS) is 10.5. The molecule has 0 amide bonds. The maximum Gasteiger partial charge on any atom is 0.337 e. The van der Waals surface area contributed by atoms with Crippen LogP contribution in [0.3, 0.4) is 0 Å². The summed E-state index contributed by atoms with van der Waals surface area (Å²) in [6, 6.07) is 6.99. The molecule has 0 saturated carbocycles. The van der Waals surface area contributed by atoms with Gasteiger partial charge in [-0.3, -0.25) is 4.79 Å². The summed E-state index contributed by atoms with van der Waals surface area (Å²) in [5.74, 6) is -0.403. The van der Waals surface area contributed by atoms with E-state index in [1.807, 2.05) is 12.1 Å². The molecule has 0 bridgehead atoms. The molecular formula is C13H13NO3. The molecule has 88 valence electrons. The molecule has 0 aliphatic heterocycles. The minimum absolute atomic E-state index is 0.0560. The highest BCUT2D eigenvalue weighted by Crippen LogP contribution is 2.15. The van der Waals surface area contributed by atoms with Gasteiger partial charge in [0.2, 0.25) is 0 Å². The third-order valence-corrected chi connectivity index (χ3v) is 2.83. The number of rotatable bonds is 1. The summed E-state index contributed by atoms with van der Waals surface area (Å²) in [6.45, 7) is 1.77. The standard InChI is InChI=1S/C13H13NO3/c1-8-6-9-4-5-10(13(16)17-3)7-11(9)14(2)12(8)15/h4-7H,1-3H3. The molecule has 1 aromatic carbocycles. The number of hydrogen-bond acceptors (Lipinski definition) is 3. The molecule has 1 aromatic heterocycles. The van der Waals surface area contributed by atoms with Crippen molar-refractivity contribution < 1.29 is 9.53 Å².